The molecular formula is C17H18BrN3O3. The number of aryl methyl sites for hydroxylation is 1. The second-order valence-electron chi connectivity index (χ2n) is 4.96. The molecule has 0 radical (unpaired) electrons. The molecule has 24 heavy (non-hydrogen) atoms. The van der Waals surface area contributed by atoms with Crippen LogP contribution >= 0.6 is 15.9 Å². The van der Waals surface area contributed by atoms with Crippen LogP contribution in [0.5, 0.6) is 11.5 Å². The lowest BCUT2D eigenvalue weighted by Crippen LogP contribution is -2.21. The van der Waals surface area contributed by atoms with Crippen molar-refractivity contribution >= 4 is 33.7 Å². The molecule has 3 N–H and O–H groups in total. The van der Waals surface area contributed by atoms with Crippen LogP contribution in [0, 0.1) is 6.92 Å². The maximum Gasteiger partial charge on any atom is 0.262 e. The maximum absolute atomic E-state index is 12.1. The zero-order valence-corrected chi connectivity index (χ0v) is 15.0. The predicted octanol–water partition coefficient (Wildman–Crippen LogP) is 3.08. The van der Waals surface area contributed by atoms with Crippen LogP contribution in [-0.2, 0) is 4.79 Å². The van der Waals surface area contributed by atoms with Gasteiger partial charge in [-0.05, 0) is 52.2 Å². The number of nitrogens with two attached hydrogens (primary N) is 1. The highest BCUT2D eigenvalue weighted by Crippen LogP contribution is 2.36. The molecule has 126 valence electrons. The zero-order chi connectivity index (χ0) is 17.5. The van der Waals surface area contributed by atoms with Gasteiger partial charge in [0.25, 0.3) is 5.91 Å². The number of para-hydroxylation sites is 1. The standard InChI is InChI=1S/C17H18BrN3O3/c1-11-5-3-4-6-14(11)21-16(22)10-24-17-13(18)7-12(9-20-19)8-15(17)23-2/h3-9H,10,19H2,1-2H3,(H,21,22). The van der Waals surface area contributed by atoms with E-state index < -0.39 is 0 Å². The van der Waals surface area contributed by atoms with Gasteiger partial charge in [-0.25, -0.2) is 0 Å². The van der Waals surface area contributed by atoms with E-state index in [4.69, 9.17) is 15.3 Å². The van der Waals surface area contributed by atoms with E-state index in [2.05, 4.69) is 26.3 Å². The second kappa shape index (κ2) is 8.35. The van der Waals surface area contributed by atoms with Gasteiger partial charge in [0.05, 0.1) is 17.8 Å². The Labute approximate surface area is 148 Å². The van der Waals surface area contributed by atoms with Crippen molar-refractivity contribution in [3.63, 3.8) is 0 Å². The molecule has 7 heteroatoms. The second-order valence-corrected chi connectivity index (χ2v) is 5.82. The van der Waals surface area contributed by atoms with E-state index in [1.165, 1.54) is 13.3 Å². The average Bonchev–Trinajstić information content (AvgIpc) is 2.56. The summed E-state index contributed by atoms with van der Waals surface area (Å²) in [6, 6.07) is 11.0. The van der Waals surface area contributed by atoms with E-state index >= 15 is 0 Å². The van der Waals surface area contributed by atoms with Crippen LogP contribution in [0.1, 0.15) is 11.1 Å². The van der Waals surface area contributed by atoms with Crippen molar-refractivity contribution < 1.29 is 14.3 Å². The third kappa shape index (κ3) is 4.48. The number of halogens is 1. The maximum atomic E-state index is 12.1. The van der Waals surface area contributed by atoms with Gasteiger partial charge < -0.3 is 20.6 Å². The minimum atomic E-state index is -0.258. The smallest absolute Gasteiger partial charge is 0.262 e. The van der Waals surface area contributed by atoms with Gasteiger partial charge >= 0.3 is 0 Å². The van der Waals surface area contributed by atoms with Crippen molar-refractivity contribution in [3.8, 4) is 11.5 Å². The van der Waals surface area contributed by atoms with Crippen molar-refractivity contribution in [1.29, 1.82) is 0 Å². The molecule has 2 rings (SSSR count). The van der Waals surface area contributed by atoms with E-state index in [1.54, 1.807) is 12.1 Å². The van der Waals surface area contributed by atoms with Gasteiger partial charge in [-0.1, -0.05) is 18.2 Å². The van der Waals surface area contributed by atoms with E-state index in [9.17, 15) is 4.79 Å². The largest absolute Gasteiger partial charge is 0.493 e. The van der Waals surface area contributed by atoms with Crippen LogP contribution in [0.4, 0.5) is 5.69 Å². The number of hydrogen-bond acceptors (Lipinski definition) is 5. The predicted molar refractivity (Wildman–Crippen MR) is 97.8 cm³/mol. The lowest BCUT2D eigenvalue weighted by molar-refractivity contribution is -0.118. The summed E-state index contributed by atoms with van der Waals surface area (Å²) in [6.45, 7) is 1.78. The van der Waals surface area contributed by atoms with Gasteiger partial charge in [0.1, 0.15) is 0 Å². The Hall–Kier alpha value is -2.54. The fourth-order valence-electron chi connectivity index (χ4n) is 2.08. The molecule has 0 aliphatic carbocycles. The molecule has 0 atom stereocenters. The summed E-state index contributed by atoms with van der Waals surface area (Å²) >= 11 is 3.40. The van der Waals surface area contributed by atoms with E-state index in [-0.39, 0.29) is 12.5 Å². The van der Waals surface area contributed by atoms with Crippen LogP contribution in [-0.4, -0.2) is 25.8 Å². The number of hydrazone groups is 1. The van der Waals surface area contributed by atoms with Crippen LogP contribution in [0.2, 0.25) is 0 Å². The molecule has 0 saturated heterocycles. The molecule has 0 heterocycles. The number of benzene rings is 2. The van der Waals surface area contributed by atoms with Crippen molar-refractivity contribution in [2.24, 2.45) is 10.9 Å². The topological polar surface area (TPSA) is 85.9 Å². The van der Waals surface area contributed by atoms with Crippen molar-refractivity contribution in [1.82, 2.24) is 0 Å². The lowest BCUT2D eigenvalue weighted by atomic mass is 10.2. The van der Waals surface area contributed by atoms with E-state index in [0.29, 0.717) is 16.0 Å². The summed E-state index contributed by atoms with van der Waals surface area (Å²) in [5, 5.41) is 6.29. The molecular weight excluding hydrogens is 374 g/mol. The number of nitrogens with zero attached hydrogens (tertiary/aromatic N) is 1. The first-order chi connectivity index (χ1) is 11.5. The highest BCUT2D eigenvalue weighted by molar-refractivity contribution is 9.10. The molecule has 1 amide bonds. The number of amides is 1. The summed E-state index contributed by atoms with van der Waals surface area (Å²) in [7, 11) is 1.52. The average molecular weight is 392 g/mol. The van der Waals surface area contributed by atoms with Gasteiger partial charge in [-0.2, -0.15) is 5.10 Å². The minimum absolute atomic E-state index is 0.145. The van der Waals surface area contributed by atoms with Crippen LogP contribution < -0.4 is 20.6 Å². The molecule has 2 aromatic carbocycles. The van der Waals surface area contributed by atoms with E-state index in [1.807, 2.05) is 31.2 Å². The van der Waals surface area contributed by atoms with Crippen LogP contribution in [0.25, 0.3) is 0 Å². The molecule has 0 fully saturated rings. The summed E-state index contributed by atoms with van der Waals surface area (Å²) in [4.78, 5) is 12.1. The van der Waals surface area contributed by atoms with Crippen molar-refractivity contribution in [3.05, 3.63) is 52.0 Å². The summed E-state index contributed by atoms with van der Waals surface area (Å²) < 4.78 is 11.5. The first-order valence-electron chi connectivity index (χ1n) is 7.14. The van der Waals surface area contributed by atoms with Crippen LogP contribution in [0.15, 0.2) is 46.0 Å². The van der Waals surface area contributed by atoms with Crippen LogP contribution in [0.3, 0.4) is 0 Å². The molecule has 0 aliphatic heterocycles. The number of rotatable bonds is 6. The number of carbonyl (C=O) groups excluding carboxylic acids is 1. The first-order valence-corrected chi connectivity index (χ1v) is 7.93. The molecule has 0 aliphatic rings. The van der Waals surface area contributed by atoms with Gasteiger partial charge in [-0.15, -0.1) is 0 Å². The summed E-state index contributed by atoms with van der Waals surface area (Å²) in [5.41, 5.74) is 2.49. The van der Waals surface area contributed by atoms with E-state index in [0.717, 1.165) is 16.8 Å². The molecule has 2 aromatic rings. The Balaban J connectivity index is 2.08. The molecule has 0 aromatic heterocycles. The highest BCUT2D eigenvalue weighted by Gasteiger charge is 2.13. The molecule has 0 unspecified atom stereocenters. The fraction of sp³-hybridized carbons (Fsp3) is 0.176. The van der Waals surface area contributed by atoms with Crippen molar-refractivity contribution in [2.75, 3.05) is 19.0 Å². The van der Waals surface area contributed by atoms with Gasteiger partial charge in [0.15, 0.2) is 18.1 Å². The Morgan fingerprint density at radius 3 is 2.79 bits per heavy atom. The normalized spacial score (nSPS) is 10.6. The highest BCUT2D eigenvalue weighted by atomic mass is 79.9. The first kappa shape index (κ1) is 17.8. The molecule has 0 saturated carbocycles. The monoisotopic (exact) mass is 391 g/mol. The Kier molecular flexibility index (Phi) is 6.20. The quantitative estimate of drug-likeness (QED) is 0.450. The number of methoxy groups -OCH3 is 1. The summed E-state index contributed by atoms with van der Waals surface area (Å²) in [5.74, 6) is 5.81. The molecule has 6 nitrogen and oxygen atoms in total. The van der Waals surface area contributed by atoms with Crippen molar-refractivity contribution in [2.45, 2.75) is 6.92 Å². The Morgan fingerprint density at radius 1 is 1.38 bits per heavy atom. The van der Waals surface area contributed by atoms with Gasteiger partial charge in [-0.3, -0.25) is 4.79 Å². The number of hydrogen-bond donors (Lipinski definition) is 2. The number of anilines is 1. The van der Waals surface area contributed by atoms with Gasteiger partial charge in [0, 0.05) is 5.69 Å². The third-order valence-electron chi connectivity index (χ3n) is 3.24. The SMILES string of the molecule is COc1cc(C=NN)cc(Br)c1OCC(=O)Nc1ccccc1C. The number of ether oxygens (including phenoxy) is 2. The number of nitrogens with one attached hydrogen (secondary N) is 1. The Bertz CT molecular complexity index is 763. The minimum Gasteiger partial charge on any atom is -0.493 e. The lowest BCUT2D eigenvalue weighted by Gasteiger charge is -2.14. The summed E-state index contributed by atoms with van der Waals surface area (Å²) in [6.07, 6.45) is 1.49. The molecule has 0 spiro atoms. The zero-order valence-electron chi connectivity index (χ0n) is 13.4. The third-order valence-corrected chi connectivity index (χ3v) is 3.83. The molecule has 0 bridgehead atoms. The Morgan fingerprint density at radius 2 is 2.12 bits per heavy atom. The number of carbonyl (C=O) groups is 1. The van der Waals surface area contributed by atoms with Gasteiger partial charge in [0.2, 0.25) is 0 Å². The fourth-order valence-corrected chi connectivity index (χ4v) is 2.65.